The second-order valence-corrected chi connectivity index (χ2v) is 5.07. The van der Waals surface area contributed by atoms with Crippen LogP contribution in [-0.2, 0) is 9.53 Å². The molecule has 0 aliphatic heterocycles. The highest BCUT2D eigenvalue weighted by molar-refractivity contribution is 7.99. The van der Waals surface area contributed by atoms with E-state index >= 15 is 0 Å². The molecule has 0 unspecified atom stereocenters. The summed E-state index contributed by atoms with van der Waals surface area (Å²) in [6.07, 6.45) is 0. The van der Waals surface area contributed by atoms with Crippen LogP contribution in [0.15, 0.2) is 11.4 Å². The van der Waals surface area contributed by atoms with E-state index in [1.54, 1.807) is 11.4 Å². The van der Waals surface area contributed by atoms with E-state index in [0.717, 1.165) is 5.75 Å². The fraction of sp³-hybridized carbons (Fsp3) is 0.400. The molecule has 0 bridgehead atoms. The van der Waals surface area contributed by atoms with Crippen molar-refractivity contribution in [3.8, 4) is 0 Å². The molecule has 0 aliphatic carbocycles. The van der Waals surface area contributed by atoms with Gasteiger partial charge in [0.1, 0.15) is 4.88 Å². The number of thiophene rings is 1. The maximum atomic E-state index is 11.5. The van der Waals surface area contributed by atoms with Crippen molar-refractivity contribution in [3.05, 3.63) is 16.3 Å². The molecule has 1 heterocycles. The summed E-state index contributed by atoms with van der Waals surface area (Å²) in [5.74, 6) is 0.478. The number of methoxy groups -OCH3 is 1. The lowest BCUT2D eigenvalue weighted by molar-refractivity contribution is -0.113. The quantitative estimate of drug-likeness (QED) is 0.601. The molecule has 1 aromatic rings. The first kappa shape index (κ1) is 14.0. The number of rotatable bonds is 6. The van der Waals surface area contributed by atoms with Crippen molar-refractivity contribution in [3.63, 3.8) is 0 Å². The molecular formula is C10H14N2O3S2. The summed E-state index contributed by atoms with van der Waals surface area (Å²) in [7, 11) is 1.31. The molecular weight excluding hydrogens is 260 g/mol. The normalized spacial score (nSPS) is 10.0. The monoisotopic (exact) mass is 274 g/mol. The second kappa shape index (κ2) is 7.31. The molecule has 0 spiro atoms. The third-order valence-electron chi connectivity index (χ3n) is 1.81. The Labute approximate surface area is 108 Å². The molecule has 0 radical (unpaired) electrons. The van der Waals surface area contributed by atoms with Crippen molar-refractivity contribution in [2.75, 3.05) is 30.5 Å². The molecule has 0 aliphatic rings. The van der Waals surface area contributed by atoms with Gasteiger partial charge in [0.05, 0.1) is 18.6 Å². The number of anilines is 1. The van der Waals surface area contributed by atoms with Gasteiger partial charge < -0.3 is 15.8 Å². The molecule has 0 saturated carbocycles. The Balaban J connectivity index is 2.53. The molecule has 1 rings (SSSR count). The van der Waals surface area contributed by atoms with E-state index in [2.05, 4.69) is 10.1 Å². The Morgan fingerprint density at radius 1 is 1.59 bits per heavy atom. The summed E-state index contributed by atoms with van der Waals surface area (Å²) in [5.41, 5.74) is 5.82. The summed E-state index contributed by atoms with van der Waals surface area (Å²) in [4.78, 5) is 23.3. The first-order valence-electron chi connectivity index (χ1n) is 4.92. The fourth-order valence-corrected chi connectivity index (χ4v) is 2.43. The first-order valence-corrected chi connectivity index (χ1v) is 6.96. The van der Waals surface area contributed by atoms with Crippen LogP contribution in [0.4, 0.5) is 5.69 Å². The Kier molecular flexibility index (Phi) is 6.03. The standard InChI is InChI=1S/C10H14N2O3S2/c1-15-10(14)9-7(2-4-17-9)12-8(13)6-16-5-3-11/h2,4H,3,5-6,11H2,1H3,(H,12,13). The van der Waals surface area contributed by atoms with Gasteiger partial charge in [-0.1, -0.05) is 0 Å². The van der Waals surface area contributed by atoms with Crippen LogP contribution in [0.3, 0.4) is 0 Å². The zero-order valence-corrected chi connectivity index (χ0v) is 11.0. The Morgan fingerprint density at radius 3 is 3.00 bits per heavy atom. The van der Waals surface area contributed by atoms with E-state index < -0.39 is 5.97 Å². The molecule has 94 valence electrons. The maximum Gasteiger partial charge on any atom is 0.350 e. The van der Waals surface area contributed by atoms with Crippen LogP contribution in [0.2, 0.25) is 0 Å². The van der Waals surface area contributed by atoms with Gasteiger partial charge in [-0.15, -0.1) is 11.3 Å². The SMILES string of the molecule is COC(=O)c1sccc1NC(=O)CSCCN. The largest absolute Gasteiger partial charge is 0.465 e. The van der Waals surface area contributed by atoms with Crippen molar-refractivity contribution in [1.82, 2.24) is 0 Å². The zero-order valence-electron chi connectivity index (χ0n) is 9.39. The minimum absolute atomic E-state index is 0.146. The fourth-order valence-electron chi connectivity index (χ4n) is 1.09. The average Bonchev–Trinajstić information content (AvgIpc) is 2.76. The number of esters is 1. The van der Waals surface area contributed by atoms with Gasteiger partial charge in [-0.05, 0) is 11.4 Å². The number of hydrogen-bond donors (Lipinski definition) is 2. The van der Waals surface area contributed by atoms with Crippen LogP contribution in [0.5, 0.6) is 0 Å². The minimum Gasteiger partial charge on any atom is -0.465 e. The van der Waals surface area contributed by atoms with Crippen LogP contribution >= 0.6 is 23.1 Å². The van der Waals surface area contributed by atoms with Crippen molar-refractivity contribution >= 4 is 40.7 Å². The predicted octanol–water partition coefficient (Wildman–Crippen LogP) is 1.17. The third kappa shape index (κ3) is 4.37. The lowest BCUT2D eigenvalue weighted by Crippen LogP contribution is -2.16. The topological polar surface area (TPSA) is 81.4 Å². The van der Waals surface area contributed by atoms with E-state index in [-0.39, 0.29) is 5.91 Å². The summed E-state index contributed by atoms with van der Waals surface area (Å²) >= 11 is 2.69. The van der Waals surface area contributed by atoms with Crippen LogP contribution in [0.25, 0.3) is 0 Å². The molecule has 0 saturated heterocycles. The molecule has 7 heteroatoms. The van der Waals surface area contributed by atoms with E-state index in [9.17, 15) is 9.59 Å². The Hall–Kier alpha value is -1.05. The van der Waals surface area contributed by atoms with E-state index in [4.69, 9.17) is 5.73 Å². The maximum absolute atomic E-state index is 11.5. The molecule has 3 N–H and O–H groups in total. The highest BCUT2D eigenvalue weighted by Crippen LogP contribution is 2.23. The van der Waals surface area contributed by atoms with Crippen molar-refractivity contribution in [2.45, 2.75) is 0 Å². The Bertz CT molecular complexity index is 393. The molecule has 17 heavy (non-hydrogen) atoms. The summed E-state index contributed by atoms with van der Waals surface area (Å²) in [5, 5.41) is 4.40. The number of nitrogens with two attached hydrogens (primary N) is 1. The number of ether oxygens (including phenoxy) is 1. The lowest BCUT2D eigenvalue weighted by atomic mass is 10.4. The third-order valence-corrected chi connectivity index (χ3v) is 3.69. The highest BCUT2D eigenvalue weighted by Gasteiger charge is 2.15. The number of amides is 1. The molecule has 0 aromatic carbocycles. The van der Waals surface area contributed by atoms with Gasteiger partial charge in [-0.3, -0.25) is 4.79 Å². The number of nitrogens with one attached hydrogen (secondary N) is 1. The molecule has 5 nitrogen and oxygen atoms in total. The number of carbonyl (C=O) groups is 2. The van der Waals surface area contributed by atoms with Crippen LogP contribution in [-0.4, -0.2) is 37.0 Å². The van der Waals surface area contributed by atoms with Gasteiger partial charge in [0.25, 0.3) is 0 Å². The second-order valence-electron chi connectivity index (χ2n) is 3.04. The van der Waals surface area contributed by atoms with E-state index in [0.29, 0.717) is 22.9 Å². The summed E-state index contributed by atoms with van der Waals surface area (Å²) in [6.45, 7) is 0.545. The number of carbonyl (C=O) groups excluding carboxylic acids is 2. The van der Waals surface area contributed by atoms with E-state index in [1.165, 1.54) is 30.2 Å². The summed E-state index contributed by atoms with van der Waals surface area (Å²) in [6, 6.07) is 1.68. The lowest BCUT2D eigenvalue weighted by Gasteiger charge is -2.04. The minimum atomic E-state index is -0.440. The molecule has 0 atom stereocenters. The first-order chi connectivity index (χ1) is 8.19. The van der Waals surface area contributed by atoms with Crippen LogP contribution in [0, 0.1) is 0 Å². The molecule has 0 fully saturated rings. The van der Waals surface area contributed by atoms with E-state index in [1.807, 2.05) is 0 Å². The van der Waals surface area contributed by atoms with Gasteiger partial charge >= 0.3 is 5.97 Å². The van der Waals surface area contributed by atoms with Gasteiger partial charge in [0.2, 0.25) is 5.91 Å². The van der Waals surface area contributed by atoms with Crippen molar-refractivity contribution in [2.24, 2.45) is 5.73 Å². The predicted molar refractivity (Wildman–Crippen MR) is 70.7 cm³/mol. The van der Waals surface area contributed by atoms with Crippen molar-refractivity contribution < 1.29 is 14.3 Å². The average molecular weight is 274 g/mol. The molecule has 1 amide bonds. The van der Waals surface area contributed by atoms with Gasteiger partial charge in [0, 0.05) is 12.3 Å². The van der Waals surface area contributed by atoms with Gasteiger partial charge in [0.15, 0.2) is 0 Å². The molecule has 1 aromatic heterocycles. The van der Waals surface area contributed by atoms with Crippen LogP contribution in [0.1, 0.15) is 9.67 Å². The highest BCUT2D eigenvalue weighted by atomic mass is 32.2. The van der Waals surface area contributed by atoms with Gasteiger partial charge in [-0.25, -0.2) is 4.79 Å². The van der Waals surface area contributed by atoms with Gasteiger partial charge in [-0.2, -0.15) is 11.8 Å². The Morgan fingerprint density at radius 2 is 2.35 bits per heavy atom. The van der Waals surface area contributed by atoms with Crippen molar-refractivity contribution in [1.29, 1.82) is 0 Å². The summed E-state index contributed by atoms with van der Waals surface area (Å²) < 4.78 is 4.61. The smallest absolute Gasteiger partial charge is 0.350 e. The number of hydrogen-bond acceptors (Lipinski definition) is 6. The zero-order chi connectivity index (χ0) is 12.7. The number of thioether (sulfide) groups is 1. The van der Waals surface area contributed by atoms with Crippen LogP contribution < -0.4 is 11.1 Å².